The summed E-state index contributed by atoms with van der Waals surface area (Å²) >= 11 is 0. The first-order valence-corrected chi connectivity index (χ1v) is 5.14. The normalized spacial score (nSPS) is 14.2. The van der Waals surface area contributed by atoms with Crippen LogP contribution in [0, 0.1) is 13.8 Å². The minimum atomic E-state index is -1.75. The van der Waals surface area contributed by atoms with E-state index in [1.165, 1.54) is 24.7 Å². The van der Waals surface area contributed by atoms with Crippen LogP contribution in [0.3, 0.4) is 0 Å². The van der Waals surface area contributed by atoms with Crippen molar-refractivity contribution < 1.29 is 14.6 Å². The topological polar surface area (TPSA) is 81.4 Å². The quantitative estimate of drug-likeness (QED) is 0.739. The highest BCUT2D eigenvalue weighted by molar-refractivity contribution is 5.78. The van der Waals surface area contributed by atoms with E-state index >= 15 is 0 Å². The minimum Gasteiger partial charge on any atom is -0.467 e. The lowest BCUT2D eigenvalue weighted by Gasteiger charge is -2.22. The molecule has 0 bridgehead atoms. The number of aromatic nitrogens is 2. The summed E-state index contributed by atoms with van der Waals surface area (Å²) in [7, 11) is 1.18. The molecule has 0 aliphatic rings. The van der Waals surface area contributed by atoms with Gasteiger partial charge >= 0.3 is 5.97 Å². The van der Waals surface area contributed by atoms with Crippen molar-refractivity contribution in [3.63, 3.8) is 0 Å². The molecule has 1 heterocycles. The maximum absolute atomic E-state index is 11.7. The highest BCUT2D eigenvalue weighted by Crippen LogP contribution is 2.09. The molecule has 0 radical (unpaired) electrons. The number of rotatable bonds is 3. The zero-order chi connectivity index (χ0) is 13.2. The van der Waals surface area contributed by atoms with E-state index in [-0.39, 0.29) is 12.1 Å². The predicted octanol–water partition coefficient (Wildman–Crippen LogP) is -0.216. The number of ether oxygens (including phenoxy) is 1. The van der Waals surface area contributed by atoms with Gasteiger partial charge in [-0.3, -0.25) is 9.36 Å². The molecule has 6 heteroatoms. The molecule has 0 aliphatic carbocycles. The molecular formula is C11H16N2O4. The van der Waals surface area contributed by atoms with E-state index in [0.29, 0.717) is 11.5 Å². The minimum absolute atomic E-state index is 0.183. The standard InChI is InChI=1S/C11H16N2O4/c1-7-5-9(14)13(8(2)12-7)6-11(3,16)10(15)17-4/h5,16H,6H2,1-4H3. The van der Waals surface area contributed by atoms with Gasteiger partial charge in [0.05, 0.1) is 13.7 Å². The lowest BCUT2D eigenvalue weighted by atomic mass is 10.1. The smallest absolute Gasteiger partial charge is 0.339 e. The van der Waals surface area contributed by atoms with Gasteiger partial charge in [-0.05, 0) is 20.8 Å². The molecule has 0 saturated carbocycles. The molecule has 0 fully saturated rings. The summed E-state index contributed by atoms with van der Waals surface area (Å²) in [5.41, 5.74) is -1.46. The fourth-order valence-electron chi connectivity index (χ4n) is 1.55. The van der Waals surface area contributed by atoms with Crippen LogP contribution >= 0.6 is 0 Å². The van der Waals surface area contributed by atoms with Crippen molar-refractivity contribution in [3.8, 4) is 0 Å². The van der Waals surface area contributed by atoms with Crippen LogP contribution in [0.25, 0.3) is 0 Å². The van der Waals surface area contributed by atoms with Crippen LogP contribution in [0.2, 0.25) is 0 Å². The van der Waals surface area contributed by atoms with Gasteiger partial charge in [-0.1, -0.05) is 0 Å². The monoisotopic (exact) mass is 240 g/mol. The van der Waals surface area contributed by atoms with Crippen molar-refractivity contribution in [1.82, 2.24) is 9.55 Å². The van der Waals surface area contributed by atoms with Crippen molar-refractivity contribution >= 4 is 5.97 Å². The highest BCUT2D eigenvalue weighted by atomic mass is 16.5. The summed E-state index contributed by atoms with van der Waals surface area (Å²) in [6.07, 6.45) is 0. The second-order valence-electron chi connectivity index (χ2n) is 4.13. The number of esters is 1. The van der Waals surface area contributed by atoms with Crippen molar-refractivity contribution in [2.75, 3.05) is 7.11 Å². The average molecular weight is 240 g/mol. The lowest BCUT2D eigenvalue weighted by molar-refractivity contribution is -0.161. The summed E-state index contributed by atoms with van der Waals surface area (Å²) in [5, 5.41) is 9.89. The Morgan fingerprint density at radius 3 is 2.65 bits per heavy atom. The van der Waals surface area contributed by atoms with Gasteiger partial charge in [0.1, 0.15) is 5.82 Å². The third-order valence-electron chi connectivity index (χ3n) is 2.42. The van der Waals surface area contributed by atoms with E-state index in [1.54, 1.807) is 13.8 Å². The van der Waals surface area contributed by atoms with Gasteiger partial charge < -0.3 is 9.84 Å². The molecule has 0 spiro atoms. The van der Waals surface area contributed by atoms with Crippen LogP contribution in [-0.2, 0) is 16.1 Å². The van der Waals surface area contributed by atoms with Crippen LogP contribution in [-0.4, -0.2) is 33.3 Å². The predicted molar refractivity (Wildman–Crippen MR) is 60.6 cm³/mol. The first-order valence-electron chi connectivity index (χ1n) is 5.14. The van der Waals surface area contributed by atoms with Gasteiger partial charge in [-0.15, -0.1) is 0 Å². The second kappa shape index (κ2) is 4.67. The fraction of sp³-hybridized carbons (Fsp3) is 0.545. The molecule has 0 aliphatic heterocycles. The molecule has 1 N–H and O–H groups in total. The maximum atomic E-state index is 11.7. The number of methoxy groups -OCH3 is 1. The Morgan fingerprint density at radius 2 is 2.18 bits per heavy atom. The van der Waals surface area contributed by atoms with Crippen LogP contribution in [0.4, 0.5) is 0 Å². The number of nitrogens with zero attached hydrogens (tertiary/aromatic N) is 2. The fourth-order valence-corrected chi connectivity index (χ4v) is 1.55. The van der Waals surface area contributed by atoms with E-state index in [9.17, 15) is 14.7 Å². The molecule has 17 heavy (non-hydrogen) atoms. The molecule has 1 aromatic heterocycles. The van der Waals surface area contributed by atoms with Gasteiger partial charge in [0.25, 0.3) is 5.56 Å². The Bertz CT molecular complexity index is 491. The van der Waals surface area contributed by atoms with Crippen LogP contribution in [0.15, 0.2) is 10.9 Å². The molecule has 94 valence electrons. The van der Waals surface area contributed by atoms with E-state index in [2.05, 4.69) is 9.72 Å². The van der Waals surface area contributed by atoms with Gasteiger partial charge in [0.15, 0.2) is 5.60 Å². The number of carbonyl (C=O) groups is 1. The van der Waals surface area contributed by atoms with Crippen molar-refractivity contribution in [2.45, 2.75) is 32.9 Å². The van der Waals surface area contributed by atoms with Crippen LogP contribution in [0.5, 0.6) is 0 Å². The number of hydrogen-bond donors (Lipinski definition) is 1. The summed E-state index contributed by atoms with van der Waals surface area (Å²) in [6, 6.07) is 1.35. The van der Waals surface area contributed by atoms with Gasteiger partial charge in [0, 0.05) is 11.8 Å². The zero-order valence-corrected chi connectivity index (χ0v) is 10.4. The Hall–Kier alpha value is -1.69. The van der Waals surface area contributed by atoms with E-state index in [0.717, 1.165) is 0 Å². The summed E-state index contributed by atoms with van der Waals surface area (Å²) < 4.78 is 5.71. The zero-order valence-electron chi connectivity index (χ0n) is 10.4. The Morgan fingerprint density at radius 1 is 1.59 bits per heavy atom. The number of hydrogen-bond acceptors (Lipinski definition) is 5. The molecule has 0 amide bonds. The molecule has 1 aromatic rings. The highest BCUT2D eigenvalue weighted by Gasteiger charge is 2.32. The SMILES string of the molecule is COC(=O)C(C)(O)Cn1c(C)nc(C)cc1=O. The van der Waals surface area contributed by atoms with E-state index in [4.69, 9.17) is 0 Å². The summed E-state index contributed by atoms with van der Waals surface area (Å²) in [6.45, 7) is 4.46. The Labute approximate surface area is 98.9 Å². The summed E-state index contributed by atoms with van der Waals surface area (Å²) in [5.74, 6) is -0.344. The molecular weight excluding hydrogens is 224 g/mol. The largest absolute Gasteiger partial charge is 0.467 e. The van der Waals surface area contributed by atoms with Crippen LogP contribution in [0.1, 0.15) is 18.4 Å². The first kappa shape index (κ1) is 13.4. The third-order valence-corrected chi connectivity index (χ3v) is 2.42. The Kier molecular flexibility index (Phi) is 3.67. The van der Waals surface area contributed by atoms with Gasteiger partial charge in [-0.25, -0.2) is 9.78 Å². The second-order valence-corrected chi connectivity index (χ2v) is 4.13. The molecule has 0 aromatic carbocycles. The van der Waals surface area contributed by atoms with Gasteiger partial charge in [0.2, 0.25) is 0 Å². The third kappa shape index (κ3) is 2.91. The van der Waals surface area contributed by atoms with Crippen molar-refractivity contribution in [2.24, 2.45) is 0 Å². The lowest BCUT2D eigenvalue weighted by Crippen LogP contribution is -2.43. The summed E-state index contributed by atoms with van der Waals surface area (Å²) in [4.78, 5) is 27.1. The van der Waals surface area contributed by atoms with Crippen LogP contribution < -0.4 is 5.56 Å². The number of carbonyl (C=O) groups excluding carboxylic acids is 1. The number of aliphatic hydroxyl groups is 1. The van der Waals surface area contributed by atoms with E-state index in [1.807, 2.05) is 0 Å². The molecule has 1 rings (SSSR count). The van der Waals surface area contributed by atoms with Gasteiger partial charge in [-0.2, -0.15) is 0 Å². The molecule has 1 unspecified atom stereocenters. The molecule has 6 nitrogen and oxygen atoms in total. The van der Waals surface area contributed by atoms with E-state index < -0.39 is 11.6 Å². The molecule has 0 saturated heterocycles. The number of aryl methyl sites for hydroxylation is 2. The maximum Gasteiger partial charge on any atom is 0.339 e. The molecule has 1 atom stereocenters. The van der Waals surface area contributed by atoms with Crippen molar-refractivity contribution in [1.29, 1.82) is 0 Å². The Balaban J connectivity index is 3.12. The first-order chi connectivity index (χ1) is 7.77. The average Bonchev–Trinajstić information content (AvgIpc) is 2.22. The van der Waals surface area contributed by atoms with Crippen molar-refractivity contribution in [3.05, 3.63) is 27.9 Å².